The molecule has 3 N–H and O–H groups in total. The largest absolute Gasteiger partial charge is 0.483 e. The topological polar surface area (TPSA) is 113 Å². The summed E-state index contributed by atoms with van der Waals surface area (Å²) in [5.41, 5.74) is 6.23. The van der Waals surface area contributed by atoms with Gasteiger partial charge in [0.2, 0.25) is 11.9 Å². The molecule has 2 aliphatic heterocycles. The molecule has 2 fully saturated rings. The average Bonchev–Trinajstić information content (AvgIpc) is 3.15. The van der Waals surface area contributed by atoms with Crippen molar-refractivity contribution in [3.8, 4) is 0 Å². The Labute approximate surface area is 153 Å². The van der Waals surface area contributed by atoms with Crippen LogP contribution in [0.5, 0.6) is 0 Å². The first-order valence-corrected chi connectivity index (χ1v) is 8.97. The Morgan fingerprint density at radius 2 is 1.77 bits per heavy atom. The van der Waals surface area contributed by atoms with Gasteiger partial charge in [-0.15, -0.1) is 0 Å². The number of carboxylic acid groups (broad SMARTS) is 1. The van der Waals surface area contributed by atoms with Crippen LogP contribution < -0.4 is 5.73 Å². The number of nitrogens with zero attached hydrogens (tertiary/aromatic N) is 4. The van der Waals surface area contributed by atoms with Gasteiger partial charge in [0.05, 0.1) is 0 Å². The van der Waals surface area contributed by atoms with E-state index in [-0.39, 0.29) is 18.3 Å². The van der Waals surface area contributed by atoms with Gasteiger partial charge in [-0.2, -0.15) is 0 Å². The quantitative estimate of drug-likeness (QED) is 0.610. The summed E-state index contributed by atoms with van der Waals surface area (Å²) >= 11 is 0. The summed E-state index contributed by atoms with van der Waals surface area (Å²) < 4.78 is 0. The average molecular weight is 361 g/mol. The minimum atomic E-state index is -0.250. The van der Waals surface area contributed by atoms with E-state index in [0.29, 0.717) is 0 Å². The molecule has 0 saturated carbocycles. The number of piperidine rings is 1. The zero-order valence-corrected chi connectivity index (χ0v) is 15.0. The molecule has 0 atom stereocenters. The minimum Gasteiger partial charge on any atom is -0.483 e. The summed E-state index contributed by atoms with van der Waals surface area (Å²) in [5.74, 6) is 1.06. The number of hydrogen-bond acceptors (Lipinski definition) is 6. The van der Waals surface area contributed by atoms with E-state index in [9.17, 15) is 4.79 Å². The Morgan fingerprint density at radius 1 is 1.19 bits per heavy atom. The lowest BCUT2D eigenvalue weighted by Crippen LogP contribution is -2.40. The summed E-state index contributed by atoms with van der Waals surface area (Å²) in [6.45, 7) is 5.19. The van der Waals surface area contributed by atoms with Crippen molar-refractivity contribution in [1.82, 2.24) is 19.8 Å². The number of likely N-dealkylation sites (tertiary alicyclic amines) is 2. The first-order chi connectivity index (χ1) is 12.6. The maximum atomic E-state index is 12.3. The maximum absolute atomic E-state index is 12.3. The molecule has 1 aromatic rings. The molecule has 0 unspecified atom stereocenters. The van der Waals surface area contributed by atoms with E-state index in [2.05, 4.69) is 14.9 Å². The monoisotopic (exact) mass is 361 g/mol. The minimum absolute atomic E-state index is 0.0708. The van der Waals surface area contributed by atoms with Crippen LogP contribution in [0.4, 0.5) is 5.95 Å². The van der Waals surface area contributed by atoms with Crippen LogP contribution in [0.25, 0.3) is 6.08 Å². The molecule has 0 aromatic carbocycles. The van der Waals surface area contributed by atoms with Crippen LogP contribution in [-0.2, 0) is 9.59 Å². The summed E-state index contributed by atoms with van der Waals surface area (Å²) in [4.78, 5) is 33.0. The first-order valence-electron chi connectivity index (χ1n) is 8.97. The highest BCUT2D eigenvalue weighted by molar-refractivity contribution is 5.91. The van der Waals surface area contributed by atoms with E-state index in [1.165, 1.54) is 32.5 Å². The molecule has 3 heterocycles. The molecule has 2 saturated heterocycles. The summed E-state index contributed by atoms with van der Waals surface area (Å²) in [5, 5.41) is 6.89. The van der Waals surface area contributed by atoms with Crippen molar-refractivity contribution in [2.24, 2.45) is 5.92 Å². The normalized spacial score (nSPS) is 18.5. The Morgan fingerprint density at radius 3 is 2.35 bits per heavy atom. The molecule has 26 heavy (non-hydrogen) atoms. The first kappa shape index (κ1) is 19.8. The maximum Gasteiger partial charge on any atom is 0.290 e. The second kappa shape index (κ2) is 10.5. The van der Waals surface area contributed by atoms with Gasteiger partial charge in [-0.3, -0.25) is 9.59 Å². The van der Waals surface area contributed by atoms with Crippen molar-refractivity contribution < 1.29 is 14.7 Å². The Kier molecular flexibility index (Phi) is 8.01. The Hall–Kier alpha value is -2.48. The van der Waals surface area contributed by atoms with Gasteiger partial charge in [0.25, 0.3) is 6.47 Å². The molecule has 1 amide bonds. The number of nitrogens with two attached hydrogens (primary N) is 1. The smallest absolute Gasteiger partial charge is 0.290 e. The standard InChI is InChI=1S/C17H25N5O.CH2O2/c18-17-19-11-15(12-20-17)3-4-16(23)22-9-5-14(6-10-22)13-21-7-1-2-8-21;2-1-3/h3-4,11-12,14H,1-2,5-10,13H2,(H2,18,19,20);1H,(H,2,3). The lowest BCUT2D eigenvalue weighted by molar-refractivity contribution is -0.127. The lowest BCUT2D eigenvalue weighted by Gasteiger charge is -2.33. The van der Waals surface area contributed by atoms with E-state index >= 15 is 0 Å². The van der Waals surface area contributed by atoms with Crippen LogP contribution in [-0.4, -0.2) is 70.0 Å². The van der Waals surface area contributed by atoms with Crippen molar-refractivity contribution in [3.05, 3.63) is 24.0 Å². The molecule has 8 nitrogen and oxygen atoms in total. The lowest BCUT2D eigenvalue weighted by atomic mass is 9.96. The molecular weight excluding hydrogens is 334 g/mol. The number of carbonyl (C=O) groups is 2. The molecule has 142 valence electrons. The predicted molar refractivity (Wildman–Crippen MR) is 99.1 cm³/mol. The summed E-state index contributed by atoms with van der Waals surface area (Å²) in [7, 11) is 0. The van der Waals surface area contributed by atoms with E-state index < -0.39 is 0 Å². The van der Waals surface area contributed by atoms with Gasteiger partial charge in [0.15, 0.2) is 0 Å². The van der Waals surface area contributed by atoms with Gasteiger partial charge < -0.3 is 20.6 Å². The van der Waals surface area contributed by atoms with Crippen LogP contribution in [0.2, 0.25) is 0 Å². The molecule has 0 spiro atoms. The van der Waals surface area contributed by atoms with Crippen LogP contribution >= 0.6 is 0 Å². The summed E-state index contributed by atoms with van der Waals surface area (Å²) in [6.07, 6.45) is 11.5. The van der Waals surface area contributed by atoms with Crippen LogP contribution in [0.1, 0.15) is 31.2 Å². The molecule has 1 aromatic heterocycles. The Balaban J connectivity index is 0.000000758. The SMILES string of the molecule is Nc1ncc(C=CC(=O)N2CCC(CN3CCCC3)CC2)cn1.O=CO. The van der Waals surface area contributed by atoms with E-state index in [4.69, 9.17) is 15.6 Å². The van der Waals surface area contributed by atoms with Gasteiger partial charge in [0.1, 0.15) is 0 Å². The second-order valence-electron chi connectivity index (χ2n) is 6.59. The highest BCUT2D eigenvalue weighted by Gasteiger charge is 2.24. The molecule has 2 aliphatic rings. The predicted octanol–water partition coefficient (Wildman–Crippen LogP) is 1.11. The van der Waals surface area contributed by atoms with Gasteiger partial charge in [-0.05, 0) is 50.8 Å². The van der Waals surface area contributed by atoms with Crippen molar-refractivity contribution in [2.45, 2.75) is 25.7 Å². The number of anilines is 1. The van der Waals surface area contributed by atoms with Crippen LogP contribution in [0.15, 0.2) is 18.5 Å². The molecular formula is C18H27N5O3. The molecule has 3 rings (SSSR count). The molecule has 0 aliphatic carbocycles. The second-order valence-corrected chi connectivity index (χ2v) is 6.59. The van der Waals surface area contributed by atoms with Crippen LogP contribution in [0, 0.1) is 5.92 Å². The van der Waals surface area contributed by atoms with Gasteiger partial charge in [-0.1, -0.05) is 0 Å². The third kappa shape index (κ3) is 6.44. The fourth-order valence-corrected chi connectivity index (χ4v) is 3.37. The van der Waals surface area contributed by atoms with E-state index in [1.807, 2.05) is 4.90 Å². The fourth-order valence-electron chi connectivity index (χ4n) is 3.37. The third-order valence-corrected chi connectivity index (χ3v) is 4.75. The fraction of sp³-hybridized carbons (Fsp3) is 0.556. The van der Waals surface area contributed by atoms with Crippen molar-refractivity contribution in [1.29, 1.82) is 0 Å². The van der Waals surface area contributed by atoms with Crippen LogP contribution in [0.3, 0.4) is 0 Å². The number of hydrogen-bond donors (Lipinski definition) is 2. The zero-order valence-electron chi connectivity index (χ0n) is 15.0. The number of aromatic nitrogens is 2. The molecule has 0 radical (unpaired) electrons. The Bertz CT molecular complexity index is 591. The van der Waals surface area contributed by atoms with E-state index in [0.717, 1.165) is 37.4 Å². The number of carbonyl (C=O) groups excluding carboxylic acids is 1. The number of nitrogen functional groups attached to an aromatic ring is 1. The highest BCUT2D eigenvalue weighted by Crippen LogP contribution is 2.21. The van der Waals surface area contributed by atoms with E-state index in [1.54, 1.807) is 24.5 Å². The highest BCUT2D eigenvalue weighted by atomic mass is 16.3. The van der Waals surface area contributed by atoms with Crippen molar-refractivity contribution in [2.75, 3.05) is 38.5 Å². The molecule has 8 heteroatoms. The van der Waals surface area contributed by atoms with Crippen molar-refractivity contribution in [3.63, 3.8) is 0 Å². The van der Waals surface area contributed by atoms with Crippen molar-refractivity contribution >= 4 is 24.4 Å². The molecule has 0 bridgehead atoms. The summed E-state index contributed by atoms with van der Waals surface area (Å²) in [6, 6.07) is 0. The zero-order chi connectivity index (χ0) is 18.8. The number of rotatable bonds is 4. The third-order valence-electron chi connectivity index (χ3n) is 4.75. The van der Waals surface area contributed by atoms with Gasteiger partial charge in [-0.25, -0.2) is 9.97 Å². The number of amides is 1. The van der Waals surface area contributed by atoms with Gasteiger partial charge >= 0.3 is 0 Å². The van der Waals surface area contributed by atoms with Gasteiger partial charge in [0, 0.05) is 43.7 Å².